The van der Waals surface area contributed by atoms with Gasteiger partial charge in [-0.3, -0.25) is 0 Å². The summed E-state index contributed by atoms with van der Waals surface area (Å²) in [5, 5.41) is 12.5. The lowest BCUT2D eigenvalue weighted by Crippen LogP contribution is -2.37. The lowest BCUT2D eigenvalue weighted by Gasteiger charge is -2.27. The molecule has 0 amide bonds. The summed E-state index contributed by atoms with van der Waals surface area (Å²) in [4.78, 5) is 0. The van der Waals surface area contributed by atoms with E-state index in [1.165, 1.54) is 10.2 Å². The molecule has 1 aromatic heterocycles. The lowest BCUT2D eigenvalue weighted by molar-refractivity contribution is 0.322. The van der Waals surface area contributed by atoms with Crippen molar-refractivity contribution >= 4 is 27.1 Å². The van der Waals surface area contributed by atoms with Crippen LogP contribution in [0.2, 0.25) is 0 Å². The molecule has 0 aliphatic heterocycles. The molecule has 1 aliphatic rings. The summed E-state index contributed by atoms with van der Waals surface area (Å²) in [5.74, 6) is 0. The molecule has 0 spiro atoms. The van der Waals surface area contributed by atoms with Crippen LogP contribution in [0.15, 0.2) is 59.9 Å². The molecule has 1 aliphatic carbocycles. The maximum atomic E-state index is 13.0. The Bertz CT molecular complexity index is 907. The molecule has 22 heavy (non-hydrogen) atoms. The van der Waals surface area contributed by atoms with Crippen LogP contribution in [0.4, 0.5) is 0 Å². The van der Waals surface area contributed by atoms with E-state index in [-0.39, 0.29) is 0 Å². The molecular formula is C16H16N2O3S. The van der Waals surface area contributed by atoms with Crippen molar-refractivity contribution < 1.29 is 13.6 Å². The number of hydrogen-bond donors (Lipinski definition) is 1. The molecule has 0 saturated heterocycles. The van der Waals surface area contributed by atoms with Gasteiger partial charge in [-0.1, -0.05) is 41.6 Å². The number of rotatable bonds is 3. The summed E-state index contributed by atoms with van der Waals surface area (Å²) in [6, 6.07) is 6.97. The highest BCUT2D eigenvalue weighted by atomic mass is 32.2. The van der Waals surface area contributed by atoms with Crippen LogP contribution in [0, 0.1) is 0 Å². The van der Waals surface area contributed by atoms with Gasteiger partial charge in [0.2, 0.25) is 10.0 Å². The molecule has 2 aromatic rings. The van der Waals surface area contributed by atoms with Crippen molar-refractivity contribution in [2.24, 2.45) is 5.16 Å². The third-order valence-corrected chi connectivity index (χ3v) is 6.31. The van der Waals surface area contributed by atoms with Crippen LogP contribution in [-0.2, 0) is 10.0 Å². The molecule has 0 radical (unpaired) electrons. The summed E-state index contributed by atoms with van der Waals surface area (Å²) >= 11 is 0. The molecule has 0 saturated carbocycles. The molecule has 6 heteroatoms. The summed E-state index contributed by atoms with van der Waals surface area (Å²) in [6.07, 6.45) is 10.5. The standard InChI is InChI=1S/C16H16N2O3S/c1-16(9-3-2-4-10-16)22(20,21)18-11-8-14-13(12-17-19)6-5-7-15(14)18/h2-9,11-12,19H,10H2,1H3. The zero-order valence-electron chi connectivity index (χ0n) is 12.0. The van der Waals surface area contributed by atoms with Crippen LogP contribution >= 0.6 is 0 Å². The van der Waals surface area contributed by atoms with Gasteiger partial charge in [0.1, 0.15) is 4.75 Å². The number of nitrogens with zero attached hydrogens (tertiary/aromatic N) is 2. The van der Waals surface area contributed by atoms with Gasteiger partial charge in [0.15, 0.2) is 0 Å². The highest BCUT2D eigenvalue weighted by Crippen LogP contribution is 2.31. The number of aromatic nitrogens is 1. The first-order valence-corrected chi connectivity index (χ1v) is 8.31. The predicted molar refractivity (Wildman–Crippen MR) is 86.9 cm³/mol. The first-order chi connectivity index (χ1) is 10.5. The Kier molecular flexibility index (Phi) is 3.41. The fraction of sp³-hybridized carbons (Fsp3) is 0.188. The Labute approximate surface area is 128 Å². The SMILES string of the molecule is CC1(S(=O)(=O)n2ccc3c(C=NO)cccc32)C=CC=CC1. The minimum Gasteiger partial charge on any atom is -0.411 e. The number of fused-ring (bicyclic) bond motifs is 1. The predicted octanol–water partition coefficient (Wildman–Crippen LogP) is 2.90. The highest BCUT2D eigenvalue weighted by molar-refractivity contribution is 7.91. The smallest absolute Gasteiger partial charge is 0.248 e. The van der Waals surface area contributed by atoms with Crippen molar-refractivity contribution in [3.05, 3.63) is 60.3 Å². The molecule has 1 aromatic carbocycles. The van der Waals surface area contributed by atoms with Gasteiger partial charge in [0.05, 0.1) is 11.7 Å². The summed E-state index contributed by atoms with van der Waals surface area (Å²) in [6.45, 7) is 1.72. The van der Waals surface area contributed by atoms with Crippen molar-refractivity contribution in [3.8, 4) is 0 Å². The van der Waals surface area contributed by atoms with Gasteiger partial charge in [-0.05, 0) is 25.5 Å². The summed E-state index contributed by atoms with van der Waals surface area (Å²) < 4.78 is 26.4. The maximum absolute atomic E-state index is 13.0. The average molecular weight is 316 g/mol. The van der Waals surface area contributed by atoms with Gasteiger partial charge in [0.25, 0.3) is 0 Å². The van der Waals surface area contributed by atoms with E-state index in [9.17, 15) is 8.42 Å². The monoisotopic (exact) mass is 316 g/mol. The van der Waals surface area contributed by atoms with Gasteiger partial charge < -0.3 is 5.21 Å². The van der Waals surface area contributed by atoms with E-state index in [1.54, 1.807) is 49.5 Å². The second-order valence-corrected chi connectivity index (χ2v) is 7.72. The Morgan fingerprint density at radius 2 is 2.14 bits per heavy atom. The van der Waals surface area contributed by atoms with E-state index < -0.39 is 14.8 Å². The highest BCUT2D eigenvalue weighted by Gasteiger charge is 2.38. The summed E-state index contributed by atoms with van der Waals surface area (Å²) in [5.41, 5.74) is 1.24. The fourth-order valence-corrected chi connectivity index (χ4v) is 4.32. The molecule has 5 nitrogen and oxygen atoms in total. The van der Waals surface area contributed by atoms with E-state index in [0.717, 1.165) is 5.39 Å². The third-order valence-electron chi connectivity index (χ3n) is 4.00. The zero-order chi connectivity index (χ0) is 15.8. The molecule has 3 rings (SSSR count). The minimum atomic E-state index is -3.60. The molecule has 1 N–H and O–H groups in total. The number of oxime groups is 1. The van der Waals surface area contributed by atoms with Gasteiger partial charge in [-0.15, -0.1) is 0 Å². The molecular weight excluding hydrogens is 300 g/mol. The molecule has 0 bridgehead atoms. The second-order valence-electron chi connectivity index (χ2n) is 5.45. The van der Waals surface area contributed by atoms with Crippen LogP contribution in [0.5, 0.6) is 0 Å². The number of allylic oxidation sites excluding steroid dienone is 3. The topological polar surface area (TPSA) is 71.7 Å². The van der Waals surface area contributed by atoms with Crippen molar-refractivity contribution in [2.45, 2.75) is 18.1 Å². The Hall–Kier alpha value is -2.34. The largest absolute Gasteiger partial charge is 0.411 e. The quantitative estimate of drug-likeness (QED) is 0.537. The average Bonchev–Trinajstić information content (AvgIpc) is 2.94. The van der Waals surface area contributed by atoms with Gasteiger partial charge in [-0.25, -0.2) is 12.4 Å². The van der Waals surface area contributed by atoms with E-state index >= 15 is 0 Å². The van der Waals surface area contributed by atoms with Crippen LogP contribution in [-0.4, -0.2) is 28.6 Å². The van der Waals surface area contributed by atoms with Crippen LogP contribution in [0.1, 0.15) is 18.9 Å². The van der Waals surface area contributed by atoms with Crippen LogP contribution < -0.4 is 0 Å². The van der Waals surface area contributed by atoms with E-state index in [1.807, 2.05) is 12.2 Å². The van der Waals surface area contributed by atoms with Crippen molar-refractivity contribution in [1.29, 1.82) is 0 Å². The third kappa shape index (κ3) is 2.07. The Balaban J connectivity index is 2.21. The van der Waals surface area contributed by atoms with Crippen LogP contribution in [0.25, 0.3) is 10.9 Å². The number of benzene rings is 1. The van der Waals surface area contributed by atoms with Crippen molar-refractivity contribution in [3.63, 3.8) is 0 Å². The maximum Gasteiger partial charge on any atom is 0.248 e. The first-order valence-electron chi connectivity index (χ1n) is 6.87. The van der Waals surface area contributed by atoms with Gasteiger partial charge >= 0.3 is 0 Å². The lowest BCUT2D eigenvalue weighted by atomic mass is 10.0. The summed E-state index contributed by atoms with van der Waals surface area (Å²) in [7, 11) is -3.60. The van der Waals surface area contributed by atoms with E-state index in [0.29, 0.717) is 17.5 Å². The van der Waals surface area contributed by atoms with Crippen molar-refractivity contribution in [1.82, 2.24) is 3.97 Å². The number of hydrogen-bond acceptors (Lipinski definition) is 4. The Morgan fingerprint density at radius 3 is 2.82 bits per heavy atom. The molecule has 1 unspecified atom stereocenters. The van der Waals surface area contributed by atoms with E-state index in [2.05, 4.69) is 5.16 Å². The van der Waals surface area contributed by atoms with Gasteiger partial charge in [-0.2, -0.15) is 0 Å². The second kappa shape index (κ2) is 5.14. The minimum absolute atomic E-state index is 0.434. The zero-order valence-corrected chi connectivity index (χ0v) is 12.9. The molecule has 1 atom stereocenters. The van der Waals surface area contributed by atoms with E-state index in [4.69, 9.17) is 5.21 Å². The molecule has 114 valence electrons. The molecule has 1 heterocycles. The van der Waals surface area contributed by atoms with Gasteiger partial charge in [0, 0.05) is 17.1 Å². The normalized spacial score (nSPS) is 21.9. The molecule has 0 fully saturated rings. The first kappa shape index (κ1) is 14.6. The van der Waals surface area contributed by atoms with Crippen molar-refractivity contribution in [2.75, 3.05) is 0 Å². The fourth-order valence-electron chi connectivity index (χ4n) is 2.67. The Morgan fingerprint density at radius 1 is 1.32 bits per heavy atom. The van der Waals surface area contributed by atoms with Crippen LogP contribution in [0.3, 0.4) is 0 Å².